The number of nitrogens with zero attached hydrogens (tertiary/aromatic N) is 2. The number of aryl methyl sites for hydroxylation is 1. The summed E-state index contributed by atoms with van der Waals surface area (Å²) in [7, 11) is 1.50. The summed E-state index contributed by atoms with van der Waals surface area (Å²) >= 11 is 0. The quantitative estimate of drug-likeness (QED) is 0.532. The van der Waals surface area contributed by atoms with Gasteiger partial charge in [-0.25, -0.2) is 9.37 Å². The van der Waals surface area contributed by atoms with Crippen LogP contribution in [0.5, 0.6) is 0 Å². The lowest BCUT2D eigenvalue weighted by atomic mass is 9.85. The molecule has 2 N–H and O–H groups in total. The highest BCUT2D eigenvalue weighted by Gasteiger charge is 2.39. The topological polar surface area (TPSA) is 67.1 Å². The molecule has 4 rings (SSSR count). The van der Waals surface area contributed by atoms with Crippen LogP contribution >= 0.6 is 0 Å². The largest absolute Gasteiger partial charge is 0.373 e. The van der Waals surface area contributed by atoms with Crippen LogP contribution in [0.15, 0.2) is 72.8 Å². The Hall–Kier alpha value is -3.51. The first-order chi connectivity index (χ1) is 14.5. The number of amides is 1. The molecule has 0 bridgehead atoms. The molecule has 0 aliphatic carbocycles. The first-order valence-electron chi connectivity index (χ1n) is 9.76. The van der Waals surface area contributed by atoms with E-state index >= 15 is 0 Å². The lowest BCUT2D eigenvalue weighted by Gasteiger charge is -2.29. The predicted octanol–water partition coefficient (Wildman–Crippen LogP) is 3.84. The van der Waals surface area contributed by atoms with E-state index < -0.39 is 11.4 Å². The third-order valence-corrected chi connectivity index (χ3v) is 5.32. The van der Waals surface area contributed by atoms with Gasteiger partial charge in [-0.15, -0.1) is 0 Å². The normalized spacial score (nSPS) is 11.6. The molecule has 1 amide bonds. The Morgan fingerprint density at radius 1 is 1.07 bits per heavy atom. The summed E-state index contributed by atoms with van der Waals surface area (Å²) in [5.41, 5.74) is 0.408. The standard InChI is InChI=1S/C24H22FN3O2/c1-3-28-20-15-16(22(29)26-2)14-19(25)21(20)27-23(28)24(30,17-10-6-4-7-11-17)18-12-8-5-9-13-18/h4-15,30H,3H2,1-2H3,(H,26,29). The number of benzene rings is 3. The number of rotatable bonds is 5. The number of aliphatic hydroxyl groups is 1. The number of nitrogens with one attached hydrogen (secondary N) is 1. The number of halogens is 1. The molecule has 0 saturated carbocycles. The highest BCUT2D eigenvalue weighted by atomic mass is 19.1. The molecule has 152 valence electrons. The van der Waals surface area contributed by atoms with E-state index in [1.807, 2.05) is 67.6 Å². The van der Waals surface area contributed by atoms with Crippen LogP contribution in [-0.2, 0) is 12.1 Å². The summed E-state index contributed by atoms with van der Waals surface area (Å²) in [6.45, 7) is 2.33. The molecule has 0 atom stereocenters. The van der Waals surface area contributed by atoms with Crippen LogP contribution in [0.1, 0.15) is 34.2 Å². The summed E-state index contributed by atoms with van der Waals surface area (Å²) in [5, 5.41) is 14.6. The lowest BCUT2D eigenvalue weighted by Crippen LogP contribution is -2.32. The van der Waals surface area contributed by atoms with E-state index in [4.69, 9.17) is 0 Å². The molecular formula is C24H22FN3O2. The van der Waals surface area contributed by atoms with Crippen molar-refractivity contribution in [1.82, 2.24) is 14.9 Å². The first kappa shape index (κ1) is 19.8. The SMILES string of the molecule is CCn1c(C(O)(c2ccccc2)c2ccccc2)nc2c(F)cc(C(=O)NC)cc21. The van der Waals surface area contributed by atoms with Crippen molar-refractivity contribution in [1.29, 1.82) is 0 Å². The minimum atomic E-state index is -1.60. The number of carbonyl (C=O) groups excluding carboxylic acids is 1. The number of carbonyl (C=O) groups is 1. The number of hydrogen-bond donors (Lipinski definition) is 2. The molecule has 0 spiro atoms. The van der Waals surface area contributed by atoms with Crippen molar-refractivity contribution in [3.8, 4) is 0 Å². The third kappa shape index (κ3) is 3.06. The van der Waals surface area contributed by atoms with E-state index in [0.717, 1.165) is 0 Å². The molecule has 5 nitrogen and oxygen atoms in total. The summed E-state index contributed by atoms with van der Waals surface area (Å²) in [5.74, 6) is -0.698. The number of fused-ring (bicyclic) bond motifs is 1. The molecular weight excluding hydrogens is 381 g/mol. The zero-order valence-electron chi connectivity index (χ0n) is 16.8. The van der Waals surface area contributed by atoms with Crippen LogP contribution in [0, 0.1) is 5.82 Å². The monoisotopic (exact) mass is 403 g/mol. The van der Waals surface area contributed by atoms with Gasteiger partial charge in [-0.2, -0.15) is 0 Å². The third-order valence-electron chi connectivity index (χ3n) is 5.32. The highest BCUT2D eigenvalue weighted by Crippen LogP contribution is 2.38. The molecule has 1 heterocycles. The minimum Gasteiger partial charge on any atom is -0.373 e. The van der Waals surface area contributed by atoms with E-state index in [1.54, 1.807) is 10.6 Å². The molecule has 0 radical (unpaired) electrons. The predicted molar refractivity (Wildman–Crippen MR) is 114 cm³/mol. The fourth-order valence-corrected chi connectivity index (χ4v) is 3.84. The first-order valence-corrected chi connectivity index (χ1v) is 9.76. The van der Waals surface area contributed by atoms with Crippen molar-refractivity contribution in [3.63, 3.8) is 0 Å². The second-order valence-corrected chi connectivity index (χ2v) is 7.03. The van der Waals surface area contributed by atoms with E-state index in [0.29, 0.717) is 29.0 Å². The number of hydrogen-bond acceptors (Lipinski definition) is 3. The molecule has 1 aromatic heterocycles. The van der Waals surface area contributed by atoms with Gasteiger partial charge in [0, 0.05) is 19.2 Å². The van der Waals surface area contributed by atoms with Crippen molar-refractivity contribution in [2.75, 3.05) is 7.05 Å². The second-order valence-electron chi connectivity index (χ2n) is 7.03. The minimum absolute atomic E-state index is 0.116. The van der Waals surface area contributed by atoms with Gasteiger partial charge in [-0.3, -0.25) is 4.79 Å². The summed E-state index contributed by atoms with van der Waals surface area (Å²) in [4.78, 5) is 16.6. The van der Waals surface area contributed by atoms with Crippen LogP contribution in [0.25, 0.3) is 11.0 Å². The summed E-state index contributed by atoms with van der Waals surface area (Å²) < 4.78 is 16.7. The Bertz CT molecular complexity index is 1160. The Morgan fingerprint density at radius 3 is 2.13 bits per heavy atom. The maximum absolute atomic E-state index is 14.9. The maximum Gasteiger partial charge on any atom is 0.251 e. The summed E-state index contributed by atoms with van der Waals surface area (Å²) in [6, 6.07) is 21.1. The lowest BCUT2D eigenvalue weighted by molar-refractivity contribution is 0.0962. The van der Waals surface area contributed by atoms with Crippen LogP contribution in [0.3, 0.4) is 0 Å². The van der Waals surface area contributed by atoms with E-state index in [2.05, 4.69) is 10.3 Å². The van der Waals surface area contributed by atoms with Crippen LogP contribution < -0.4 is 5.32 Å². The van der Waals surface area contributed by atoms with Crippen molar-refractivity contribution >= 4 is 16.9 Å². The van der Waals surface area contributed by atoms with Crippen molar-refractivity contribution in [2.24, 2.45) is 0 Å². The maximum atomic E-state index is 14.9. The number of aromatic nitrogens is 2. The van der Waals surface area contributed by atoms with Gasteiger partial charge in [0.05, 0.1) is 5.52 Å². The van der Waals surface area contributed by atoms with Crippen LogP contribution in [-0.4, -0.2) is 27.6 Å². The molecule has 0 aliphatic heterocycles. The smallest absolute Gasteiger partial charge is 0.251 e. The highest BCUT2D eigenvalue weighted by molar-refractivity contribution is 5.97. The van der Waals surface area contributed by atoms with Gasteiger partial charge in [0.2, 0.25) is 0 Å². The Kier molecular flexibility index (Phi) is 5.10. The molecule has 3 aromatic carbocycles. The zero-order valence-corrected chi connectivity index (χ0v) is 16.8. The van der Waals surface area contributed by atoms with Crippen molar-refractivity contribution < 1.29 is 14.3 Å². The van der Waals surface area contributed by atoms with Gasteiger partial charge in [0.25, 0.3) is 5.91 Å². The van der Waals surface area contributed by atoms with Gasteiger partial charge >= 0.3 is 0 Å². The van der Waals surface area contributed by atoms with Gasteiger partial charge in [0.15, 0.2) is 17.2 Å². The van der Waals surface area contributed by atoms with Crippen LogP contribution in [0.2, 0.25) is 0 Å². The van der Waals surface area contributed by atoms with E-state index in [9.17, 15) is 14.3 Å². The molecule has 4 aromatic rings. The Morgan fingerprint density at radius 2 is 1.63 bits per heavy atom. The molecule has 0 unspecified atom stereocenters. The fourth-order valence-electron chi connectivity index (χ4n) is 3.84. The Labute approximate surface area is 173 Å². The van der Waals surface area contributed by atoms with E-state index in [-0.39, 0.29) is 17.0 Å². The fraction of sp³-hybridized carbons (Fsp3) is 0.167. The van der Waals surface area contributed by atoms with Crippen LogP contribution in [0.4, 0.5) is 4.39 Å². The second kappa shape index (κ2) is 7.72. The zero-order chi connectivity index (χ0) is 21.3. The Balaban J connectivity index is 2.06. The average molecular weight is 403 g/mol. The van der Waals surface area contributed by atoms with Gasteiger partial charge in [0.1, 0.15) is 5.52 Å². The van der Waals surface area contributed by atoms with Crippen molar-refractivity contribution in [2.45, 2.75) is 19.1 Å². The average Bonchev–Trinajstić information content (AvgIpc) is 3.18. The molecule has 6 heteroatoms. The van der Waals surface area contributed by atoms with Gasteiger partial charge < -0.3 is 15.0 Å². The molecule has 0 saturated heterocycles. The van der Waals surface area contributed by atoms with Crippen molar-refractivity contribution in [3.05, 3.63) is 101 Å². The molecule has 0 fully saturated rings. The molecule has 30 heavy (non-hydrogen) atoms. The number of imidazole rings is 1. The van der Waals surface area contributed by atoms with Gasteiger partial charge in [-0.1, -0.05) is 60.7 Å². The molecule has 0 aliphatic rings. The summed E-state index contributed by atoms with van der Waals surface area (Å²) in [6.07, 6.45) is 0. The van der Waals surface area contributed by atoms with Gasteiger partial charge in [-0.05, 0) is 30.2 Å². The van der Waals surface area contributed by atoms with E-state index in [1.165, 1.54) is 13.1 Å².